The predicted octanol–water partition coefficient (Wildman–Crippen LogP) is 1.19. The van der Waals surface area contributed by atoms with Crippen molar-refractivity contribution < 1.29 is 24.6 Å². The molecule has 0 atom stereocenters. The number of halogens is 1. The van der Waals surface area contributed by atoms with Crippen LogP contribution in [0.25, 0.3) is 0 Å². The van der Waals surface area contributed by atoms with Crippen LogP contribution in [0.1, 0.15) is 4.88 Å². The molecular formula is C10H11BrN2O5S. The molecule has 2 amide bonds. The van der Waals surface area contributed by atoms with Crippen LogP contribution in [0.5, 0.6) is 0 Å². The molecule has 0 saturated carbocycles. The minimum Gasteiger partial charge on any atom is -0.480 e. The molecule has 1 heterocycles. The number of aliphatic carboxylic acids is 2. The fraction of sp³-hybridized carbons (Fsp3) is 0.300. The first-order valence-corrected chi connectivity index (χ1v) is 6.75. The molecule has 7 nitrogen and oxygen atoms in total. The van der Waals surface area contributed by atoms with Crippen LogP contribution in [-0.4, -0.2) is 46.2 Å². The van der Waals surface area contributed by atoms with Crippen molar-refractivity contribution in [3.8, 4) is 0 Å². The Morgan fingerprint density at radius 1 is 1.26 bits per heavy atom. The van der Waals surface area contributed by atoms with Gasteiger partial charge in [-0.05, 0) is 27.4 Å². The van der Waals surface area contributed by atoms with Crippen molar-refractivity contribution in [2.45, 2.75) is 6.54 Å². The molecule has 0 fully saturated rings. The molecule has 0 spiro atoms. The van der Waals surface area contributed by atoms with Gasteiger partial charge in [-0.15, -0.1) is 11.3 Å². The highest BCUT2D eigenvalue weighted by Crippen LogP contribution is 2.22. The second-order valence-electron chi connectivity index (χ2n) is 3.49. The summed E-state index contributed by atoms with van der Waals surface area (Å²) in [6.45, 7) is -1.12. The number of rotatable bonds is 6. The zero-order valence-electron chi connectivity index (χ0n) is 9.63. The predicted molar refractivity (Wildman–Crippen MR) is 71.1 cm³/mol. The van der Waals surface area contributed by atoms with E-state index in [-0.39, 0.29) is 6.54 Å². The Labute approximate surface area is 121 Å². The highest BCUT2D eigenvalue weighted by Gasteiger charge is 2.19. The molecule has 0 unspecified atom stereocenters. The first-order valence-electron chi connectivity index (χ1n) is 5.08. The Kier molecular flexibility index (Phi) is 5.77. The van der Waals surface area contributed by atoms with Crippen molar-refractivity contribution >= 4 is 45.2 Å². The highest BCUT2D eigenvalue weighted by molar-refractivity contribution is 9.10. The number of carboxylic acid groups (broad SMARTS) is 2. The zero-order chi connectivity index (χ0) is 14.4. The molecule has 1 aromatic rings. The van der Waals surface area contributed by atoms with Gasteiger partial charge in [0, 0.05) is 9.35 Å². The van der Waals surface area contributed by atoms with Crippen LogP contribution in [0, 0.1) is 0 Å². The number of carboxylic acids is 2. The van der Waals surface area contributed by atoms with Gasteiger partial charge in [-0.2, -0.15) is 0 Å². The average Bonchev–Trinajstić information content (AvgIpc) is 2.69. The lowest BCUT2D eigenvalue weighted by Crippen LogP contribution is -2.44. The van der Waals surface area contributed by atoms with Gasteiger partial charge in [0.25, 0.3) is 0 Å². The molecule has 1 rings (SSSR count). The van der Waals surface area contributed by atoms with Crippen LogP contribution >= 0.6 is 27.3 Å². The van der Waals surface area contributed by atoms with E-state index >= 15 is 0 Å². The Hall–Kier alpha value is -1.61. The minimum atomic E-state index is -1.27. The summed E-state index contributed by atoms with van der Waals surface area (Å²) in [5.41, 5.74) is 0. The van der Waals surface area contributed by atoms with Crippen molar-refractivity contribution in [2.75, 3.05) is 13.1 Å². The summed E-state index contributed by atoms with van der Waals surface area (Å²) in [6, 6.07) is 1.09. The summed E-state index contributed by atoms with van der Waals surface area (Å²) in [4.78, 5) is 34.4. The Morgan fingerprint density at radius 3 is 2.26 bits per heavy atom. The first kappa shape index (κ1) is 15.4. The van der Waals surface area contributed by atoms with Gasteiger partial charge >= 0.3 is 18.0 Å². The summed E-state index contributed by atoms with van der Waals surface area (Å²) in [6.07, 6.45) is 0. The first-order chi connectivity index (χ1) is 8.90. The SMILES string of the molecule is O=C(O)CN(CC(=O)O)C(=O)NCc1sccc1Br. The smallest absolute Gasteiger partial charge is 0.323 e. The van der Waals surface area contributed by atoms with E-state index in [2.05, 4.69) is 21.2 Å². The van der Waals surface area contributed by atoms with Crippen molar-refractivity contribution in [3.63, 3.8) is 0 Å². The molecule has 9 heteroatoms. The van der Waals surface area contributed by atoms with Crippen LogP contribution in [-0.2, 0) is 16.1 Å². The monoisotopic (exact) mass is 350 g/mol. The quantitative estimate of drug-likeness (QED) is 0.714. The maximum absolute atomic E-state index is 11.7. The molecule has 0 aliphatic carbocycles. The summed E-state index contributed by atoms with van der Waals surface area (Å²) in [5, 5.41) is 21.6. The molecule has 0 aromatic carbocycles. The van der Waals surface area contributed by atoms with Crippen molar-refractivity contribution in [2.24, 2.45) is 0 Å². The molecule has 0 bridgehead atoms. The van der Waals surface area contributed by atoms with Gasteiger partial charge < -0.3 is 20.4 Å². The number of carbonyl (C=O) groups is 3. The maximum Gasteiger partial charge on any atom is 0.323 e. The maximum atomic E-state index is 11.7. The van der Waals surface area contributed by atoms with Gasteiger partial charge in [0.1, 0.15) is 13.1 Å². The summed E-state index contributed by atoms with van der Waals surface area (Å²) < 4.78 is 0.834. The normalized spacial score (nSPS) is 9.95. The second kappa shape index (κ2) is 7.10. The molecule has 0 radical (unpaired) electrons. The lowest BCUT2D eigenvalue weighted by molar-refractivity contribution is -0.140. The fourth-order valence-electron chi connectivity index (χ4n) is 1.24. The van der Waals surface area contributed by atoms with E-state index in [1.54, 1.807) is 0 Å². The van der Waals surface area contributed by atoms with E-state index in [9.17, 15) is 14.4 Å². The van der Waals surface area contributed by atoms with Crippen LogP contribution in [0.3, 0.4) is 0 Å². The number of hydrogen-bond donors (Lipinski definition) is 3. The second-order valence-corrected chi connectivity index (χ2v) is 5.35. The number of thiophene rings is 1. The minimum absolute atomic E-state index is 0.201. The van der Waals surface area contributed by atoms with Gasteiger partial charge in [-0.25, -0.2) is 4.79 Å². The van der Waals surface area contributed by atoms with Gasteiger partial charge in [-0.1, -0.05) is 0 Å². The third-order valence-corrected chi connectivity index (χ3v) is 3.96. The fourth-order valence-corrected chi connectivity index (χ4v) is 2.68. The van der Waals surface area contributed by atoms with Crippen LogP contribution in [0.15, 0.2) is 15.9 Å². The van der Waals surface area contributed by atoms with Gasteiger partial charge in [-0.3, -0.25) is 9.59 Å². The number of amides is 2. The van der Waals surface area contributed by atoms with E-state index in [0.29, 0.717) is 4.90 Å². The number of carbonyl (C=O) groups excluding carboxylic acids is 1. The molecular weight excluding hydrogens is 340 g/mol. The third-order valence-electron chi connectivity index (χ3n) is 2.03. The lowest BCUT2D eigenvalue weighted by atomic mass is 10.4. The standard InChI is InChI=1S/C10H11BrN2O5S/c11-6-1-2-19-7(6)3-12-10(18)13(4-8(14)15)5-9(16)17/h1-2H,3-5H2,(H,12,18)(H,14,15)(H,16,17). The van der Waals surface area contributed by atoms with Crippen LogP contribution in [0.2, 0.25) is 0 Å². The largest absolute Gasteiger partial charge is 0.480 e. The Balaban J connectivity index is 2.58. The van der Waals surface area contributed by atoms with Crippen LogP contribution < -0.4 is 5.32 Å². The third kappa shape index (κ3) is 5.26. The van der Waals surface area contributed by atoms with Gasteiger partial charge in [0.2, 0.25) is 0 Å². The van der Waals surface area contributed by atoms with Gasteiger partial charge in [0.05, 0.1) is 6.54 Å². The highest BCUT2D eigenvalue weighted by atomic mass is 79.9. The van der Waals surface area contributed by atoms with E-state index in [1.165, 1.54) is 11.3 Å². The van der Waals surface area contributed by atoms with Gasteiger partial charge in [0.15, 0.2) is 0 Å². The number of urea groups is 1. The summed E-state index contributed by atoms with van der Waals surface area (Å²) in [7, 11) is 0. The molecule has 19 heavy (non-hydrogen) atoms. The molecule has 0 aliphatic heterocycles. The van der Waals surface area contributed by atoms with E-state index in [1.807, 2.05) is 11.4 Å². The molecule has 104 valence electrons. The Bertz CT molecular complexity index is 474. The summed E-state index contributed by atoms with van der Waals surface area (Å²) >= 11 is 4.71. The molecule has 3 N–H and O–H groups in total. The van der Waals surface area contributed by atoms with E-state index < -0.39 is 31.1 Å². The van der Waals surface area contributed by atoms with Crippen molar-refractivity contribution in [1.29, 1.82) is 0 Å². The Morgan fingerprint density at radius 2 is 1.84 bits per heavy atom. The van der Waals surface area contributed by atoms with Crippen molar-refractivity contribution in [3.05, 3.63) is 20.8 Å². The van der Waals surface area contributed by atoms with E-state index in [0.717, 1.165) is 9.35 Å². The molecule has 0 aliphatic rings. The van der Waals surface area contributed by atoms with Crippen molar-refractivity contribution in [1.82, 2.24) is 10.2 Å². The number of nitrogens with one attached hydrogen (secondary N) is 1. The zero-order valence-corrected chi connectivity index (χ0v) is 12.0. The van der Waals surface area contributed by atoms with Crippen LogP contribution in [0.4, 0.5) is 4.79 Å². The summed E-state index contributed by atoms with van der Waals surface area (Å²) in [5.74, 6) is -2.54. The van der Waals surface area contributed by atoms with E-state index in [4.69, 9.17) is 10.2 Å². The molecule has 0 saturated heterocycles. The number of hydrogen-bond acceptors (Lipinski definition) is 4. The average molecular weight is 351 g/mol. The number of nitrogens with zero attached hydrogens (tertiary/aromatic N) is 1. The lowest BCUT2D eigenvalue weighted by Gasteiger charge is -2.18. The topological polar surface area (TPSA) is 107 Å². The molecule has 1 aromatic heterocycles.